The van der Waals surface area contributed by atoms with E-state index in [1.807, 2.05) is 0 Å². The van der Waals surface area contributed by atoms with Gasteiger partial charge in [-0.3, -0.25) is 4.79 Å². The standard InChI is InChI=1S/C9H9ClFN3O/c10-9-12-4-6(11)7(14-9)13-8(15)5-2-1-3-5/h4-5H,1-3H2,(H,12,13,14,15). The quantitative estimate of drug-likeness (QED) is 0.790. The molecule has 1 amide bonds. The molecule has 0 aliphatic heterocycles. The topological polar surface area (TPSA) is 54.9 Å². The SMILES string of the molecule is O=C(Nc1nc(Cl)ncc1F)C1CCC1. The van der Waals surface area contributed by atoms with Gasteiger partial charge in [0.05, 0.1) is 6.20 Å². The van der Waals surface area contributed by atoms with Crippen molar-refractivity contribution in [2.45, 2.75) is 19.3 Å². The van der Waals surface area contributed by atoms with Crippen molar-refractivity contribution in [3.63, 3.8) is 0 Å². The molecular weight excluding hydrogens is 221 g/mol. The van der Waals surface area contributed by atoms with Crippen LogP contribution < -0.4 is 5.32 Å². The van der Waals surface area contributed by atoms with Gasteiger partial charge in [0, 0.05) is 5.92 Å². The zero-order valence-electron chi connectivity index (χ0n) is 7.83. The fraction of sp³-hybridized carbons (Fsp3) is 0.444. The molecule has 1 aromatic rings. The maximum Gasteiger partial charge on any atom is 0.228 e. The van der Waals surface area contributed by atoms with Crippen molar-refractivity contribution in [3.8, 4) is 0 Å². The molecule has 0 atom stereocenters. The van der Waals surface area contributed by atoms with Gasteiger partial charge in [-0.25, -0.2) is 9.37 Å². The Morgan fingerprint density at radius 1 is 1.60 bits per heavy atom. The van der Waals surface area contributed by atoms with Crippen LogP contribution in [0.15, 0.2) is 6.20 Å². The van der Waals surface area contributed by atoms with Gasteiger partial charge < -0.3 is 5.32 Å². The van der Waals surface area contributed by atoms with Gasteiger partial charge in [0.2, 0.25) is 11.2 Å². The number of carbonyl (C=O) groups excluding carboxylic acids is 1. The van der Waals surface area contributed by atoms with Gasteiger partial charge in [-0.15, -0.1) is 0 Å². The summed E-state index contributed by atoms with van der Waals surface area (Å²) in [5.74, 6) is -1.04. The summed E-state index contributed by atoms with van der Waals surface area (Å²) in [6, 6.07) is 0. The van der Waals surface area contributed by atoms with Crippen molar-refractivity contribution in [2.24, 2.45) is 5.92 Å². The van der Waals surface area contributed by atoms with E-state index in [0.29, 0.717) is 0 Å². The lowest BCUT2D eigenvalue weighted by Gasteiger charge is -2.23. The Hall–Kier alpha value is -1.23. The minimum Gasteiger partial charge on any atom is -0.308 e. The number of nitrogens with zero attached hydrogens (tertiary/aromatic N) is 2. The van der Waals surface area contributed by atoms with E-state index in [9.17, 15) is 9.18 Å². The first-order chi connectivity index (χ1) is 7.16. The Bertz CT molecular complexity index is 395. The van der Waals surface area contributed by atoms with E-state index >= 15 is 0 Å². The number of hydrogen-bond acceptors (Lipinski definition) is 3. The summed E-state index contributed by atoms with van der Waals surface area (Å²) in [7, 11) is 0. The lowest BCUT2D eigenvalue weighted by molar-refractivity contribution is -0.122. The minimum atomic E-state index is -0.674. The van der Waals surface area contributed by atoms with Crippen LogP contribution in [0.3, 0.4) is 0 Å². The van der Waals surface area contributed by atoms with Crippen molar-refractivity contribution >= 4 is 23.3 Å². The molecule has 4 nitrogen and oxygen atoms in total. The molecule has 1 N–H and O–H groups in total. The fourth-order valence-corrected chi connectivity index (χ4v) is 1.46. The molecule has 6 heteroatoms. The van der Waals surface area contributed by atoms with Gasteiger partial charge in [0.15, 0.2) is 11.6 Å². The van der Waals surface area contributed by atoms with Gasteiger partial charge in [0.1, 0.15) is 0 Å². The number of nitrogens with one attached hydrogen (secondary N) is 1. The Kier molecular flexibility index (Phi) is 2.81. The molecule has 0 bridgehead atoms. The first-order valence-corrected chi connectivity index (χ1v) is 5.03. The van der Waals surface area contributed by atoms with E-state index in [0.717, 1.165) is 25.5 Å². The average Bonchev–Trinajstić information content (AvgIpc) is 2.08. The molecule has 1 aliphatic carbocycles. The van der Waals surface area contributed by atoms with Crippen LogP contribution in [0.2, 0.25) is 5.28 Å². The molecule has 0 spiro atoms. The van der Waals surface area contributed by atoms with E-state index in [1.54, 1.807) is 0 Å². The highest BCUT2D eigenvalue weighted by atomic mass is 35.5. The van der Waals surface area contributed by atoms with E-state index < -0.39 is 5.82 Å². The number of hydrogen-bond donors (Lipinski definition) is 1. The second kappa shape index (κ2) is 4.10. The van der Waals surface area contributed by atoms with Crippen molar-refractivity contribution < 1.29 is 9.18 Å². The van der Waals surface area contributed by atoms with E-state index in [2.05, 4.69) is 15.3 Å². The number of carbonyl (C=O) groups is 1. The second-order valence-electron chi connectivity index (χ2n) is 3.45. The van der Waals surface area contributed by atoms with Gasteiger partial charge in [0.25, 0.3) is 0 Å². The van der Waals surface area contributed by atoms with Crippen LogP contribution in [0.1, 0.15) is 19.3 Å². The van der Waals surface area contributed by atoms with Crippen LogP contribution in [-0.4, -0.2) is 15.9 Å². The summed E-state index contributed by atoms with van der Waals surface area (Å²) in [5, 5.41) is 2.32. The molecule has 1 heterocycles. The van der Waals surface area contributed by atoms with Crippen molar-refractivity contribution in [3.05, 3.63) is 17.3 Å². The number of aromatic nitrogens is 2. The minimum absolute atomic E-state index is 0.0156. The van der Waals surface area contributed by atoms with E-state index in [1.165, 1.54) is 0 Å². The molecule has 2 rings (SSSR count). The summed E-state index contributed by atoms with van der Waals surface area (Å²) in [4.78, 5) is 18.5. The van der Waals surface area contributed by atoms with E-state index in [4.69, 9.17) is 11.6 Å². The predicted octanol–water partition coefficient (Wildman–Crippen LogP) is 2.01. The van der Waals surface area contributed by atoms with Crippen LogP contribution in [0.4, 0.5) is 10.2 Å². The van der Waals surface area contributed by atoms with E-state index in [-0.39, 0.29) is 22.9 Å². The molecule has 0 aromatic carbocycles. The number of amides is 1. The summed E-state index contributed by atoms with van der Waals surface area (Å²) >= 11 is 5.49. The van der Waals surface area contributed by atoms with Crippen molar-refractivity contribution in [1.29, 1.82) is 0 Å². The molecule has 1 fully saturated rings. The van der Waals surface area contributed by atoms with Gasteiger partial charge in [-0.1, -0.05) is 6.42 Å². The molecule has 0 radical (unpaired) electrons. The Balaban J connectivity index is 2.09. The Morgan fingerprint density at radius 2 is 2.33 bits per heavy atom. The van der Waals surface area contributed by atoms with Crippen LogP contribution in [-0.2, 0) is 4.79 Å². The monoisotopic (exact) mass is 229 g/mol. The van der Waals surface area contributed by atoms with Crippen molar-refractivity contribution in [2.75, 3.05) is 5.32 Å². The summed E-state index contributed by atoms with van der Waals surface area (Å²) < 4.78 is 13.1. The Morgan fingerprint density at radius 3 is 2.93 bits per heavy atom. The lowest BCUT2D eigenvalue weighted by Crippen LogP contribution is -2.28. The zero-order chi connectivity index (χ0) is 10.8. The Labute approximate surface area is 90.9 Å². The first-order valence-electron chi connectivity index (χ1n) is 4.65. The van der Waals surface area contributed by atoms with Gasteiger partial charge in [-0.2, -0.15) is 4.98 Å². The molecule has 1 aliphatic rings. The van der Waals surface area contributed by atoms with Crippen molar-refractivity contribution in [1.82, 2.24) is 9.97 Å². The highest BCUT2D eigenvalue weighted by Gasteiger charge is 2.26. The highest BCUT2D eigenvalue weighted by Crippen LogP contribution is 2.27. The molecular formula is C9H9ClFN3O. The molecule has 0 saturated heterocycles. The fourth-order valence-electron chi connectivity index (χ4n) is 1.32. The molecule has 1 saturated carbocycles. The maximum atomic E-state index is 13.1. The van der Waals surface area contributed by atoms with Crippen LogP contribution in [0.5, 0.6) is 0 Å². The summed E-state index contributed by atoms with van der Waals surface area (Å²) in [6.45, 7) is 0. The molecule has 15 heavy (non-hydrogen) atoms. The lowest BCUT2D eigenvalue weighted by atomic mass is 9.85. The molecule has 1 aromatic heterocycles. The van der Waals surface area contributed by atoms with Gasteiger partial charge >= 0.3 is 0 Å². The summed E-state index contributed by atoms with van der Waals surface area (Å²) in [5.41, 5.74) is 0. The largest absolute Gasteiger partial charge is 0.308 e. The third-order valence-electron chi connectivity index (χ3n) is 2.43. The number of rotatable bonds is 2. The maximum absolute atomic E-state index is 13.1. The number of anilines is 1. The predicted molar refractivity (Wildman–Crippen MR) is 53.0 cm³/mol. The highest BCUT2D eigenvalue weighted by molar-refractivity contribution is 6.28. The van der Waals surface area contributed by atoms with Crippen LogP contribution >= 0.6 is 11.6 Å². The van der Waals surface area contributed by atoms with Gasteiger partial charge in [-0.05, 0) is 24.4 Å². The van der Waals surface area contributed by atoms with Crippen LogP contribution in [0, 0.1) is 11.7 Å². The third-order valence-corrected chi connectivity index (χ3v) is 2.61. The van der Waals surface area contributed by atoms with Crippen LogP contribution in [0.25, 0.3) is 0 Å². The smallest absolute Gasteiger partial charge is 0.228 e. The zero-order valence-corrected chi connectivity index (χ0v) is 8.59. The summed E-state index contributed by atoms with van der Waals surface area (Å²) in [6.07, 6.45) is 3.69. The third kappa shape index (κ3) is 2.23. The average molecular weight is 230 g/mol. The second-order valence-corrected chi connectivity index (χ2v) is 3.79. The number of halogens is 2. The molecule has 80 valence electrons. The normalized spacial score (nSPS) is 15.9. The first kappa shape index (κ1) is 10.3. The molecule has 0 unspecified atom stereocenters.